The van der Waals surface area contributed by atoms with E-state index in [1.54, 1.807) is 0 Å². The molecule has 0 aliphatic carbocycles. The third-order valence-electron chi connectivity index (χ3n) is 3.05. The van der Waals surface area contributed by atoms with Crippen LogP contribution in [0.3, 0.4) is 0 Å². The molecular formula is C13H17N3OS. The molecule has 0 saturated heterocycles. The minimum atomic E-state index is -0.577. The number of aromatic nitrogens is 1. The molecule has 0 bridgehead atoms. The highest BCUT2D eigenvalue weighted by Gasteiger charge is 2.16. The maximum atomic E-state index is 11.9. The van der Waals surface area contributed by atoms with Gasteiger partial charge in [-0.1, -0.05) is 6.07 Å². The Kier molecular flexibility index (Phi) is 3.84. The van der Waals surface area contributed by atoms with Crippen molar-refractivity contribution in [1.29, 1.82) is 0 Å². The van der Waals surface area contributed by atoms with Crippen molar-refractivity contribution in [2.75, 3.05) is 0 Å². The molecule has 2 heterocycles. The van der Waals surface area contributed by atoms with Gasteiger partial charge in [-0.05, 0) is 30.5 Å². The predicted molar refractivity (Wildman–Crippen MR) is 73.2 cm³/mol. The van der Waals surface area contributed by atoms with Crippen LogP contribution in [0.1, 0.15) is 22.3 Å². The highest BCUT2D eigenvalue weighted by atomic mass is 32.1. The SMILES string of the molecule is Cc1ccc(CNC(=O)C(N)c2cccs2)n1C. The van der Waals surface area contributed by atoms with Crippen LogP contribution in [0, 0.1) is 6.92 Å². The Hall–Kier alpha value is -1.59. The first-order valence-electron chi connectivity index (χ1n) is 5.77. The molecule has 1 unspecified atom stereocenters. The molecule has 18 heavy (non-hydrogen) atoms. The molecule has 0 aromatic carbocycles. The normalized spacial score (nSPS) is 12.4. The van der Waals surface area contributed by atoms with Crippen LogP contribution in [0.4, 0.5) is 0 Å². The van der Waals surface area contributed by atoms with Gasteiger partial charge in [-0.25, -0.2) is 0 Å². The van der Waals surface area contributed by atoms with Gasteiger partial charge in [-0.3, -0.25) is 4.79 Å². The van der Waals surface area contributed by atoms with Gasteiger partial charge < -0.3 is 15.6 Å². The second kappa shape index (κ2) is 5.37. The number of amides is 1. The number of rotatable bonds is 4. The van der Waals surface area contributed by atoms with Crippen LogP contribution in [0.15, 0.2) is 29.6 Å². The van der Waals surface area contributed by atoms with Crippen molar-refractivity contribution in [2.24, 2.45) is 12.8 Å². The molecule has 4 nitrogen and oxygen atoms in total. The number of nitrogens with one attached hydrogen (secondary N) is 1. The van der Waals surface area contributed by atoms with E-state index in [0.29, 0.717) is 6.54 Å². The van der Waals surface area contributed by atoms with E-state index in [1.165, 1.54) is 17.0 Å². The summed E-state index contributed by atoms with van der Waals surface area (Å²) in [6, 6.07) is 7.23. The zero-order valence-corrected chi connectivity index (χ0v) is 11.3. The molecule has 3 N–H and O–H groups in total. The molecular weight excluding hydrogens is 246 g/mol. The van der Waals surface area contributed by atoms with E-state index in [9.17, 15) is 4.79 Å². The summed E-state index contributed by atoms with van der Waals surface area (Å²) >= 11 is 1.50. The Labute approximate surface area is 110 Å². The van der Waals surface area contributed by atoms with E-state index in [2.05, 4.69) is 9.88 Å². The van der Waals surface area contributed by atoms with Crippen LogP contribution in [0.2, 0.25) is 0 Å². The molecule has 2 aromatic heterocycles. The fourth-order valence-corrected chi connectivity index (χ4v) is 2.45. The summed E-state index contributed by atoms with van der Waals surface area (Å²) in [6.07, 6.45) is 0. The number of thiophene rings is 1. The number of carbonyl (C=O) groups excluding carboxylic acids is 1. The Bertz CT molecular complexity index is 530. The van der Waals surface area contributed by atoms with Crippen LogP contribution in [0.25, 0.3) is 0 Å². The summed E-state index contributed by atoms with van der Waals surface area (Å²) in [5, 5.41) is 4.78. The Morgan fingerprint density at radius 2 is 2.28 bits per heavy atom. The van der Waals surface area contributed by atoms with E-state index >= 15 is 0 Å². The summed E-state index contributed by atoms with van der Waals surface area (Å²) in [5.74, 6) is -0.142. The van der Waals surface area contributed by atoms with Gasteiger partial charge in [-0.2, -0.15) is 0 Å². The Morgan fingerprint density at radius 3 is 2.83 bits per heavy atom. The molecule has 0 aliphatic rings. The highest BCUT2D eigenvalue weighted by molar-refractivity contribution is 7.10. The quantitative estimate of drug-likeness (QED) is 0.882. The Balaban J connectivity index is 1.94. The van der Waals surface area contributed by atoms with Crippen LogP contribution >= 0.6 is 11.3 Å². The van der Waals surface area contributed by atoms with Crippen LogP contribution in [-0.2, 0) is 18.4 Å². The van der Waals surface area contributed by atoms with Gasteiger partial charge in [0.2, 0.25) is 5.91 Å². The van der Waals surface area contributed by atoms with Gasteiger partial charge in [0.25, 0.3) is 0 Å². The number of nitrogens with zero attached hydrogens (tertiary/aromatic N) is 1. The van der Waals surface area contributed by atoms with Crippen molar-refractivity contribution in [2.45, 2.75) is 19.5 Å². The van der Waals surface area contributed by atoms with Crippen molar-refractivity contribution in [3.8, 4) is 0 Å². The van der Waals surface area contributed by atoms with E-state index in [0.717, 1.165) is 10.6 Å². The first kappa shape index (κ1) is 12.9. The first-order valence-corrected chi connectivity index (χ1v) is 6.65. The van der Waals surface area contributed by atoms with Crippen LogP contribution in [-0.4, -0.2) is 10.5 Å². The van der Waals surface area contributed by atoms with E-state index in [4.69, 9.17) is 5.73 Å². The first-order chi connectivity index (χ1) is 8.59. The molecule has 2 rings (SSSR count). The molecule has 1 atom stereocenters. The third-order valence-corrected chi connectivity index (χ3v) is 4.01. The van der Waals surface area contributed by atoms with Crippen LogP contribution < -0.4 is 11.1 Å². The third kappa shape index (κ3) is 2.63. The molecule has 1 amide bonds. The van der Waals surface area contributed by atoms with Crippen molar-refractivity contribution in [3.63, 3.8) is 0 Å². The monoisotopic (exact) mass is 263 g/mol. The summed E-state index contributed by atoms with van der Waals surface area (Å²) in [7, 11) is 1.98. The van der Waals surface area contributed by atoms with Crippen molar-refractivity contribution >= 4 is 17.2 Å². The van der Waals surface area contributed by atoms with E-state index in [1.807, 2.05) is 43.6 Å². The topological polar surface area (TPSA) is 60.1 Å². The molecule has 5 heteroatoms. The van der Waals surface area contributed by atoms with E-state index in [-0.39, 0.29) is 5.91 Å². The van der Waals surface area contributed by atoms with Gasteiger partial charge in [0, 0.05) is 23.3 Å². The molecule has 0 aliphatic heterocycles. The van der Waals surface area contributed by atoms with Gasteiger partial charge in [0.1, 0.15) is 6.04 Å². The van der Waals surface area contributed by atoms with E-state index < -0.39 is 6.04 Å². The lowest BCUT2D eigenvalue weighted by Crippen LogP contribution is -2.33. The standard InChI is InChI=1S/C13H17N3OS/c1-9-5-6-10(16(9)2)8-15-13(17)12(14)11-4-3-7-18-11/h3-7,12H,8,14H2,1-2H3,(H,15,17). The lowest BCUT2D eigenvalue weighted by atomic mass is 10.2. The lowest BCUT2D eigenvalue weighted by Gasteiger charge is -2.11. The number of hydrogen-bond acceptors (Lipinski definition) is 3. The molecule has 0 radical (unpaired) electrons. The molecule has 0 spiro atoms. The summed E-state index contributed by atoms with van der Waals surface area (Å²) in [6.45, 7) is 2.53. The van der Waals surface area contributed by atoms with Gasteiger partial charge >= 0.3 is 0 Å². The summed E-state index contributed by atoms with van der Waals surface area (Å²) in [5.41, 5.74) is 8.12. The van der Waals surface area contributed by atoms with Gasteiger partial charge in [-0.15, -0.1) is 11.3 Å². The highest BCUT2D eigenvalue weighted by Crippen LogP contribution is 2.16. The average molecular weight is 263 g/mol. The molecule has 0 saturated carbocycles. The fourth-order valence-electron chi connectivity index (χ4n) is 1.73. The molecule has 0 fully saturated rings. The number of nitrogens with two attached hydrogens (primary N) is 1. The van der Waals surface area contributed by atoms with Crippen LogP contribution in [0.5, 0.6) is 0 Å². The lowest BCUT2D eigenvalue weighted by molar-refractivity contribution is -0.122. The maximum absolute atomic E-state index is 11.9. The van der Waals surface area contributed by atoms with Crippen molar-refractivity contribution in [1.82, 2.24) is 9.88 Å². The maximum Gasteiger partial charge on any atom is 0.242 e. The Morgan fingerprint density at radius 1 is 1.50 bits per heavy atom. The second-order valence-electron chi connectivity index (χ2n) is 4.24. The number of carbonyl (C=O) groups is 1. The van der Waals surface area contributed by atoms with Gasteiger partial charge in [0.15, 0.2) is 0 Å². The fraction of sp³-hybridized carbons (Fsp3) is 0.308. The summed E-state index contributed by atoms with van der Waals surface area (Å²) in [4.78, 5) is 12.8. The van der Waals surface area contributed by atoms with Crippen molar-refractivity contribution < 1.29 is 4.79 Å². The minimum absolute atomic E-state index is 0.142. The zero-order valence-electron chi connectivity index (χ0n) is 10.5. The minimum Gasteiger partial charge on any atom is -0.350 e. The largest absolute Gasteiger partial charge is 0.350 e. The number of aryl methyl sites for hydroxylation is 1. The average Bonchev–Trinajstić information content (AvgIpc) is 2.99. The molecule has 96 valence electrons. The number of hydrogen-bond donors (Lipinski definition) is 2. The predicted octanol–water partition coefficient (Wildman–Crippen LogP) is 1.71. The second-order valence-corrected chi connectivity index (χ2v) is 5.22. The smallest absolute Gasteiger partial charge is 0.242 e. The summed E-state index contributed by atoms with van der Waals surface area (Å²) < 4.78 is 2.05. The molecule has 2 aromatic rings. The van der Waals surface area contributed by atoms with Gasteiger partial charge in [0.05, 0.1) is 6.54 Å². The van der Waals surface area contributed by atoms with Crippen molar-refractivity contribution in [3.05, 3.63) is 45.9 Å². The zero-order chi connectivity index (χ0) is 13.1.